The highest BCUT2D eigenvalue weighted by Gasteiger charge is 2.28. The molecule has 0 spiro atoms. The van der Waals surface area contributed by atoms with Crippen LogP contribution in [0.5, 0.6) is 0 Å². The second kappa shape index (κ2) is 38.2. The molecule has 57 heavy (non-hydrogen) atoms. The monoisotopic (exact) mass is 821 g/mol. The lowest BCUT2D eigenvalue weighted by Gasteiger charge is -2.20. The van der Waals surface area contributed by atoms with Crippen LogP contribution in [-0.2, 0) is 37.5 Å². The van der Waals surface area contributed by atoms with Crippen LogP contribution in [0.1, 0.15) is 136 Å². The number of esters is 2. The number of carbonyl (C=O) groups excluding carboxylic acids is 2. The van der Waals surface area contributed by atoms with E-state index in [9.17, 15) is 28.9 Å². The molecule has 0 radical (unpaired) electrons. The van der Waals surface area contributed by atoms with E-state index in [4.69, 9.17) is 24.8 Å². The Morgan fingerprint density at radius 1 is 0.632 bits per heavy atom. The van der Waals surface area contributed by atoms with Crippen LogP contribution in [0.25, 0.3) is 0 Å². The number of aliphatic hydroxyl groups excluding tert-OH is 1. The highest BCUT2D eigenvalue weighted by atomic mass is 31.2. The molecule has 324 valence electrons. The van der Waals surface area contributed by atoms with Crippen molar-refractivity contribution in [2.24, 2.45) is 5.73 Å². The first-order valence-corrected chi connectivity index (χ1v) is 22.2. The summed E-state index contributed by atoms with van der Waals surface area (Å²) in [6, 6.07) is -1.54. The molecular weight excluding hydrogens is 749 g/mol. The van der Waals surface area contributed by atoms with E-state index in [1.165, 1.54) is 19.3 Å². The van der Waals surface area contributed by atoms with Crippen molar-refractivity contribution in [3.05, 3.63) is 85.1 Å². The normalized spacial score (nSPS) is 15.2. The van der Waals surface area contributed by atoms with Crippen LogP contribution < -0.4 is 5.73 Å². The van der Waals surface area contributed by atoms with E-state index in [-0.39, 0.29) is 19.4 Å². The van der Waals surface area contributed by atoms with Gasteiger partial charge in [0.15, 0.2) is 6.10 Å². The number of hydrogen-bond donors (Lipinski definition) is 4. The Morgan fingerprint density at radius 3 is 1.74 bits per heavy atom. The summed E-state index contributed by atoms with van der Waals surface area (Å²) in [5, 5.41) is 18.3. The number of nitrogens with two attached hydrogens (primary N) is 1. The fraction of sp³-hybridized carbons (Fsp3) is 0.614. The zero-order valence-electron chi connectivity index (χ0n) is 34.5. The minimum Gasteiger partial charge on any atom is -0.480 e. The summed E-state index contributed by atoms with van der Waals surface area (Å²) < 4.78 is 32.5. The maximum Gasteiger partial charge on any atom is 0.472 e. The van der Waals surface area contributed by atoms with Gasteiger partial charge in [-0.25, -0.2) is 4.57 Å². The van der Waals surface area contributed by atoms with Crippen LogP contribution in [0.15, 0.2) is 85.1 Å². The average Bonchev–Trinajstić information content (AvgIpc) is 3.19. The lowest BCUT2D eigenvalue weighted by atomic mass is 10.1. The molecule has 1 unspecified atom stereocenters. The molecule has 0 rings (SSSR count). The zero-order chi connectivity index (χ0) is 42.2. The van der Waals surface area contributed by atoms with E-state index in [0.29, 0.717) is 25.7 Å². The van der Waals surface area contributed by atoms with Gasteiger partial charge in [-0.05, 0) is 77.0 Å². The number of hydrogen-bond acceptors (Lipinski definition) is 10. The second-order valence-electron chi connectivity index (χ2n) is 13.6. The highest BCUT2D eigenvalue weighted by Crippen LogP contribution is 2.43. The molecule has 0 heterocycles. The molecule has 0 aliphatic rings. The topological polar surface area (TPSA) is 192 Å². The lowest BCUT2D eigenvalue weighted by molar-refractivity contribution is -0.161. The minimum atomic E-state index is -4.75. The van der Waals surface area contributed by atoms with Crippen molar-refractivity contribution in [1.29, 1.82) is 0 Å². The standard InChI is InChI=1S/C44H72NO11P/c1-3-5-6-7-8-9-10-11-12-16-19-22-25-28-31-34-42(47)53-36-40(37-54-57(51,52)55-38-41(45)44(49)50)56-43(48)35-32-29-26-23-20-17-14-13-15-18-21-24-27-30-33-39(46)4-2/h8-9,11-12,14-15,17-18,23-24,26-27,30,33,39-41,46H,3-7,10,13,16,19-22,25,28-29,31-32,34-38,45H2,1-2H3,(H,49,50)(H,51,52)/b9-8-,12-11-,17-14-,18-15-,26-23-,27-24-,33-30+/t39-,40-,41+/m1/s1. The van der Waals surface area contributed by atoms with Crippen LogP contribution >= 0.6 is 7.82 Å². The third-order valence-corrected chi connectivity index (χ3v) is 9.24. The number of aliphatic hydroxyl groups is 1. The molecule has 0 aliphatic carbocycles. The number of carboxylic acids is 1. The smallest absolute Gasteiger partial charge is 0.472 e. The Balaban J connectivity index is 4.56. The molecule has 0 amide bonds. The first kappa shape index (κ1) is 53.6. The fourth-order valence-electron chi connectivity index (χ4n) is 4.84. The van der Waals surface area contributed by atoms with Crippen molar-refractivity contribution in [2.75, 3.05) is 19.8 Å². The molecule has 4 atom stereocenters. The van der Waals surface area contributed by atoms with E-state index < -0.39 is 57.2 Å². The molecule has 5 N–H and O–H groups in total. The first-order valence-electron chi connectivity index (χ1n) is 20.7. The number of carboxylic acid groups (broad SMARTS) is 1. The molecule has 13 heteroatoms. The van der Waals surface area contributed by atoms with Crippen molar-refractivity contribution in [2.45, 2.75) is 154 Å². The summed E-state index contributed by atoms with van der Waals surface area (Å²) in [6.45, 7) is 2.34. The summed E-state index contributed by atoms with van der Waals surface area (Å²) in [7, 11) is -4.75. The van der Waals surface area contributed by atoms with Crippen LogP contribution in [0.2, 0.25) is 0 Å². The molecule has 0 aromatic rings. The SMILES string of the molecule is CCCCC/C=C\C/C=C\CCCCCCCC(=O)OC[C@H](COP(=O)(O)OC[C@H](N)C(=O)O)OC(=O)CCC/C=C\C/C=C\C/C=C\C/C=C\C=C\[C@H](O)CC. The fourth-order valence-corrected chi connectivity index (χ4v) is 5.62. The molecule has 12 nitrogen and oxygen atoms in total. The van der Waals surface area contributed by atoms with E-state index >= 15 is 0 Å². The predicted molar refractivity (Wildman–Crippen MR) is 227 cm³/mol. The van der Waals surface area contributed by atoms with Gasteiger partial charge in [-0.15, -0.1) is 0 Å². The number of carbonyl (C=O) groups is 3. The van der Waals surface area contributed by atoms with Crippen molar-refractivity contribution in [3.8, 4) is 0 Å². The van der Waals surface area contributed by atoms with Gasteiger partial charge in [-0.2, -0.15) is 0 Å². The van der Waals surface area contributed by atoms with Crippen molar-refractivity contribution in [3.63, 3.8) is 0 Å². The zero-order valence-corrected chi connectivity index (χ0v) is 35.4. The van der Waals surface area contributed by atoms with E-state index in [1.54, 1.807) is 6.08 Å². The van der Waals surface area contributed by atoms with Crippen molar-refractivity contribution < 1.29 is 52.6 Å². The van der Waals surface area contributed by atoms with Gasteiger partial charge in [-0.3, -0.25) is 23.4 Å². The van der Waals surface area contributed by atoms with Crippen molar-refractivity contribution in [1.82, 2.24) is 0 Å². The van der Waals surface area contributed by atoms with Gasteiger partial charge in [0.25, 0.3) is 0 Å². The number of phosphoric ester groups is 1. The summed E-state index contributed by atoms with van der Waals surface area (Å²) in [5.41, 5.74) is 5.32. The maximum absolute atomic E-state index is 12.6. The average molecular weight is 822 g/mol. The number of allylic oxidation sites excluding steroid dienone is 13. The predicted octanol–water partition coefficient (Wildman–Crippen LogP) is 9.69. The van der Waals surface area contributed by atoms with Gasteiger partial charge in [0.1, 0.15) is 12.6 Å². The van der Waals surface area contributed by atoms with Crippen LogP contribution in [0.4, 0.5) is 0 Å². The molecule has 0 aromatic heterocycles. The van der Waals surface area contributed by atoms with Crippen LogP contribution in [0, 0.1) is 0 Å². The van der Waals surface area contributed by atoms with Gasteiger partial charge >= 0.3 is 25.7 Å². The van der Waals surface area contributed by atoms with Crippen LogP contribution in [0.3, 0.4) is 0 Å². The molecule has 0 fully saturated rings. The quantitative estimate of drug-likeness (QED) is 0.0153. The summed E-state index contributed by atoms with van der Waals surface area (Å²) in [5.74, 6) is -2.51. The Hall–Kier alpha value is -3.38. The van der Waals surface area contributed by atoms with Gasteiger partial charge < -0.3 is 30.3 Å². The molecule has 0 aliphatic heterocycles. The van der Waals surface area contributed by atoms with Gasteiger partial charge in [0, 0.05) is 12.8 Å². The Bertz CT molecular complexity index is 1300. The highest BCUT2D eigenvalue weighted by molar-refractivity contribution is 7.47. The third kappa shape index (κ3) is 37.9. The van der Waals surface area contributed by atoms with E-state index in [2.05, 4.69) is 60.1 Å². The molecule has 0 bridgehead atoms. The number of rotatable bonds is 37. The van der Waals surface area contributed by atoms with Crippen molar-refractivity contribution >= 4 is 25.7 Å². The number of phosphoric acid groups is 1. The number of ether oxygens (including phenoxy) is 2. The van der Waals surface area contributed by atoms with Crippen LogP contribution in [-0.4, -0.2) is 71.1 Å². The summed E-state index contributed by atoms with van der Waals surface area (Å²) in [4.78, 5) is 45.9. The molecule has 0 saturated heterocycles. The maximum atomic E-state index is 12.6. The largest absolute Gasteiger partial charge is 0.480 e. The molecule has 0 saturated carbocycles. The minimum absolute atomic E-state index is 0.0611. The molecule has 0 aromatic carbocycles. The summed E-state index contributed by atoms with van der Waals surface area (Å²) in [6.07, 6.45) is 43.2. The van der Waals surface area contributed by atoms with E-state index in [0.717, 1.165) is 64.2 Å². The Labute approximate surface area is 342 Å². The van der Waals surface area contributed by atoms with Gasteiger partial charge in [-0.1, -0.05) is 131 Å². The first-order chi connectivity index (χ1) is 27.5. The van der Waals surface area contributed by atoms with Gasteiger partial charge in [0.05, 0.1) is 19.3 Å². The third-order valence-electron chi connectivity index (χ3n) is 8.28. The summed E-state index contributed by atoms with van der Waals surface area (Å²) >= 11 is 0. The lowest BCUT2D eigenvalue weighted by Crippen LogP contribution is -2.34. The number of unbranched alkanes of at least 4 members (excludes halogenated alkanes) is 9. The molecular formula is C44H72NO11P. The van der Waals surface area contributed by atoms with Gasteiger partial charge in [0.2, 0.25) is 0 Å². The Kier molecular flexibility index (Phi) is 35.9. The van der Waals surface area contributed by atoms with E-state index in [1.807, 2.05) is 37.3 Å². The Morgan fingerprint density at radius 2 is 1.14 bits per heavy atom. The number of aliphatic carboxylic acids is 1. The second-order valence-corrected chi connectivity index (χ2v) is 15.0.